The van der Waals surface area contributed by atoms with Gasteiger partial charge < -0.3 is 20.0 Å². The number of rotatable bonds is 6. The Bertz CT molecular complexity index is 731. The number of likely N-dealkylation sites (tertiary alicyclic amines) is 1. The lowest BCUT2D eigenvalue weighted by Crippen LogP contribution is -3.12. The SMILES string of the molecule is O=C(NC1CCCCC1)NC1CC[NH+](Cc2nnnn2Cc2ccco2)CC1. The molecule has 0 spiro atoms. The van der Waals surface area contributed by atoms with E-state index in [4.69, 9.17) is 4.42 Å². The van der Waals surface area contributed by atoms with Gasteiger partial charge in [-0.25, -0.2) is 9.48 Å². The summed E-state index contributed by atoms with van der Waals surface area (Å²) in [5.74, 6) is 1.71. The fourth-order valence-electron chi connectivity index (χ4n) is 4.25. The maximum Gasteiger partial charge on any atom is 0.315 e. The van der Waals surface area contributed by atoms with Crippen molar-refractivity contribution in [3.05, 3.63) is 30.0 Å². The normalized spacial score (nSPS) is 23.4. The molecule has 152 valence electrons. The Morgan fingerprint density at radius 1 is 1.14 bits per heavy atom. The van der Waals surface area contributed by atoms with Crippen LogP contribution in [0.15, 0.2) is 22.8 Å². The minimum Gasteiger partial charge on any atom is -0.467 e. The standard InChI is InChI=1S/C19H29N7O2/c27-19(20-15-5-2-1-3-6-15)21-16-8-10-25(11-9-16)14-18-22-23-24-26(18)13-17-7-4-12-28-17/h4,7,12,15-16H,1-3,5-6,8-11,13-14H2,(H2,20,21,27)/p+1. The van der Waals surface area contributed by atoms with E-state index in [2.05, 4.69) is 26.2 Å². The second kappa shape index (κ2) is 9.18. The molecule has 4 rings (SSSR count). The maximum absolute atomic E-state index is 12.2. The summed E-state index contributed by atoms with van der Waals surface area (Å²) in [4.78, 5) is 13.7. The van der Waals surface area contributed by atoms with Gasteiger partial charge in [0.15, 0.2) is 0 Å². The van der Waals surface area contributed by atoms with Gasteiger partial charge in [-0.2, -0.15) is 0 Å². The van der Waals surface area contributed by atoms with Crippen molar-refractivity contribution in [1.29, 1.82) is 0 Å². The number of tetrazole rings is 1. The first kappa shape index (κ1) is 18.9. The van der Waals surface area contributed by atoms with Crippen molar-refractivity contribution >= 4 is 6.03 Å². The van der Waals surface area contributed by atoms with Crippen LogP contribution in [0.25, 0.3) is 0 Å². The molecule has 9 nitrogen and oxygen atoms in total. The molecule has 2 amide bonds. The van der Waals surface area contributed by atoms with Gasteiger partial charge in [0.05, 0.1) is 19.4 Å². The summed E-state index contributed by atoms with van der Waals surface area (Å²) < 4.78 is 7.19. The molecule has 0 radical (unpaired) electrons. The summed E-state index contributed by atoms with van der Waals surface area (Å²) in [5.41, 5.74) is 0. The van der Waals surface area contributed by atoms with E-state index in [1.165, 1.54) is 24.2 Å². The number of aromatic nitrogens is 4. The highest BCUT2D eigenvalue weighted by Crippen LogP contribution is 2.17. The number of furan rings is 1. The molecule has 2 aromatic heterocycles. The van der Waals surface area contributed by atoms with Gasteiger partial charge in [0.25, 0.3) is 0 Å². The van der Waals surface area contributed by atoms with Crippen LogP contribution in [-0.2, 0) is 13.1 Å². The van der Waals surface area contributed by atoms with Crippen molar-refractivity contribution in [1.82, 2.24) is 30.8 Å². The monoisotopic (exact) mass is 388 g/mol. The van der Waals surface area contributed by atoms with Gasteiger partial charge in [0.1, 0.15) is 18.8 Å². The first-order chi connectivity index (χ1) is 13.8. The van der Waals surface area contributed by atoms with Crippen molar-refractivity contribution in [3.63, 3.8) is 0 Å². The second-order valence-electron chi connectivity index (χ2n) is 7.99. The third kappa shape index (κ3) is 5.09. The molecule has 1 aliphatic heterocycles. The number of hydrogen-bond donors (Lipinski definition) is 3. The minimum absolute atomic E-state index is 0.00254. The van der Waals surface area contributed by atoms with E-state index in [1.54, 1.807) is 10.9 Å². The number of urea groups is 1. The molecule has 1 aliphatic carbocycles. The quantitative estimate of drug-likeness (QED) is 0.669. The first-order valence-electron chi connectivity index (χ1n) is 10.4. The number of carbonyl (C=O) groups is 1. The molecule has 1 saturated carbocycles. The van der Waals surface area contributed by atoms with Crippen LogP contribution >= 0.6 is 0 Å². The summed E-state index contributed by atoms with van der Waals surface area (Å²) in [5, 5.41) is 18.4. The Morgan fingerprint density at radius 3 is 2.61 bits per heavy atom. The zero-order valence-corrected chi connectivity index (χ0v) is 16.3. The van der Waals surface area contributed by atoms with Gasteiger partial charge in [-0.1, -0.05) is 19.3 Å². The highest BCUT2D eigenvalue weighted by molar-refractivity contribution is 5.74. The number of nitrogens with zero attached hydrogens (tertiary/aromatic N) is 4. The lowest BCUT2D eigenvalue weighted by molar-refractivity contribution is -0.919. The Morgan fingerprint density at radius 2 is 1.89 bits per heavy atom. The smallest absolute Gasteiger partial charge is 0.315 e. The molecule has 0 unspecified atom stereocenters. The summed E-state index contributed by atoms with van der Waals surface area (Å²) in [6.07, 6.45) is 9.60. The molecule has 0 bridgehead atoms. The molecule has 28 heavy (non-hydrogen) atoms. The number of hydrogen-bond acceptors (Lipinski definition) is 5. The van der Waals surface area contributed by atoms with Gasteiger partial charge >= 0.3 is 6.03 Å². The largest absolute Gasteiger partial charge is 0.467 e. The van der Waals surface area contributed by atoms with Crippen molar-refractivity contribution in [2.24, 2.45) is 0 Å². The Hall–Kier alpha value is -2.42. The summed E-state index contributed by atoms with van der Waals surface area (Å²) in [6.45, 7) is 3.34. The third-order valence-electron chi connectivity index (χ3n) is 5.87. The minimum atomic E-state index is 0.00254. The highest BCUT2D eigenvalue weighted by atomic mass is 16.3. The summed E-state index contributed by atoms with van der Waals surface area (Å²) in [6, 6.07) is 4.40. The van der Waals surface area contributed by atoms with Gasteiger partial charge in [-0.3, -0.25) is 0 Å². The molecule has 1 saturated heterocycles. The number of amides is 2. The summed E-state index contributed by atoms with van der Waals surface area (Å²) in [7, 11) is 0. The third-order valence-corrected chi connectivity index (χ3v) is 5.87. The van der Waals surface area contributed by atoms with Crippen LogP contribution < -0.4 is 15.5 Å². The molecule has 0 atom stereocenters. The Kier molecular flexibility index (Phi) is 6.20. The first-order valence-corrected chi connectivity index (χ1v) is 10.4. The van der Waals surface area contributed by atoms with Crippen LogP contribution in [0.1, 0.15) is 56.5 Å². The lowest BCUT2D eigenvalue weighted by atomic mass is 9.96. The van der Waals surface area contributed by atoms with Gasteiger partial charge in [0, 0.05) is 24.9 Å². The van der Waals surface area contributed by atoms with E-state index in [-0.39, 0.29) is 12.1 Å². The number of carbonyl (C=O) groups excluding carboxylic acids is 1. The van der Waals surface area contributed by atoms with E-state index in [0.29, 0.717) is 12.6 Å². The fraction of sp³-hybridized carbons (Fsp3) is 0.684. The van der Waals surface area contributed by atoms with Crippen molar-refractivity contribution in [3.8, 4) is 0 Å². The van der Waals surface area contributed by atoms with Crippen LogP contribution in [0.5, 0.6) is 0 Å². The van der Waals surface area contributed by atoms with Crippen LogP contribution in [0.4, 0.5) is 4.79 Å². The topological polar surface area (TPSA) is 102 Å². The molecule has 2 aromatic rings. The van der Waals surface area contributed by atoms with E-state index in [0.717, 1.165) is 56.9 Å². The molecular formula is C19H30N7O2+. The van der Waals surface area contributed by atoms with Crippen LogP contribution in [0.3, 0.4) is 0 Å². The predicted octanol–water partition coefficient (Wildman–Crippen LogP) is 0.494. The molecule has 9 heteroatoms. The van der Waals surface area contributed by atoms with Crippen LogP contribution in [-0.4, -0.2) is 51.4 Å². The molecule has 0 aromatic carbocycles. The molecule has 3 N–H and O–H groups in total. The summed E-state index contributed by atoms with van der Waals surface area (Å²) >= 11 is 0. The van der Waals surface area contributed by atoms with Gasteiger partial charge in [-0.05, 0) is 35.4 Å². The zero-order valence-electron chi connectivity index (χ0n) is 16.3. The van der Waals surface area contributed by atoms with E-state index >= 15 is 0 Å². The highest BCUT2D eigenvalue weighted by Gasteiger charge is 2.26. The van der Waals surface area contributed by atoms with Crippen molar-refractivity contribution in [2.75, 3.05) is 13.1 Å². The maximum atomic E-state index is 12.2. The van der Waals surface area contributed by atoms with E-state index < -0.39 is 0 Å². The van der Waals surface area contributed by atoms with Crippen molar-refractivity contribution in [2.45, 2.75) is 70.1 Å². The molecule has 2 fully saturated rings. The molecule has 3 heterocycles. The Balaban J connectivity index is 1.20. The average Bonchev–Trinajstić information content (AvgIpc) is 3.37. The fourth-order valence-corrected chi connectivity index (χ4v) is 4.25. The molecular weight excluding hydrogens is 358 g/mol. The van der Waals surface area contributed by atoms with Crippen molar-refractivity contribution < 1.29 is 14.1 Å². The number of piperidine rings is 1. The van der Waals surface area contributed by atoms with E-state index in [1.807, 2.05) is 12.1 Å². The van der Waals surface area contributed by atoms with E-state index in [9.17, 15) is 4.79 Å². The molecule has 2 aliphatic rings. The predicted molar refractivity (Wildman–Crippen MR) is 102 cm³/mol. The average molecular weight is 388 g/mol. The second-order valence-corrected chi connectivity index (χ2v) is 7.99. The number of nitrogens with one attached hydrogen (secondary N) is 3. The number of quaternary nitrogens is 1. The zero-order chi connectivity index (χ0) is 19.2. The Labute approximate surface area is 164 Å². The van der Waals surface area contributed by atoms with Crippen LogP contribution in [0, 0.1) is 0 Å². The lowest BCUT2D eigenvalue weighted by Gasteiger charge is -2.30. The van der Waals surface area contributed by atoms with Gasteiger partial charge in [-0.15, -0.1) is 5.10 Å². The van der Waals surface area contributed by atoms with Gasteiger partial charge in [0.2, 0.25) is 5.82 Å². The van der Waals surface area contributed by atoms with Crippen LogP contribution in [0.2, 0.25) is 0 Å².